The van der Waals surface area contributed by atoms with E-state index in [-0.39, 0.29) is 0 Å². The molecule has 0 N–H and O–H groups in total. The average Bonchev–Trinajstić information content (AvgIpc) is 3.03. The molecule has 23 heavy (non-hydrogen) atoms. The molecule has 0 aliphatic heterocycles. The van der Waals surface area contributed by atoms with Crippen LogP contribution in [0.25, 0.3) is 11.5 Å². The summed E-state index contributed by atoms with van der Waals surface area (Å²) in [4.78, 5) is 4.05. The van der Waals surface area contributed by atoms with E-state index in [0.717, 1.165) is 11.1 Å². The first-order valence-electron chi connectivity index (χ1n) is 7.29. The van der Waals surface area contributed by atoms with Crippen LogP contribution >= 0.6 is 23.4 Å². The summed E-state index contributed by atoms with van der Waals surface area (Å²) in [6.45, 7) is 4.34. The molecule has 0 fully saturated rings. The number of halogens is 1. The Morgan fingerprint density at radius 2 is 1.87 bits per heavy atom. The molecule has 0 atom stereocenters. The second-order valence-corrected chi connectivity index (χ2v) is 6.74. The molecule has 2 aromatic heterocycles. The molecule has 0 amide bonds. The van der Waals surface area contributed by atoms with Gasteiger partial charge in [0, 0.05) is 17.5 Å². The molecule has 1 aromatic carbocycles. The lowest BCUT2D eigenvalue weighted by atomic mass is 10.0. The zero-order valence-corrected chi connectivity index (χ0v) is 14.4. The highest BCUT2D eigenvalue weighted by Gasteiger charge is 2.10. The number of pyridine rings is 1. The van der Waals surface area contributed by atoms with Crippen molar-refractivity contribution in [2.45, 2.75) is 30.7 Å². The number of benzene rings is 1. The summed E-state index contributed by atoms with van der Waals surface area (Å²) in [6.07, 6.45) is 1.75. The minimum Gasteiger partial charge on any atom is -0.411 e. The van der Waals surface area contributed by atoms with Crippen molar-refractivity contribution in [3.05, 3.63) is 58.9 Å². The van der Waals surface area contributed by atoms with Crippen molar-refractivity contribution in [1.29, 1.82) is 0 Å². The summed E-state index contributed by atoms with van der Waals surface area (Å²) < 4.78 is 5.71. The van der Waals surface area contributed by atoms with Crippen LogP contribution in [0.2, 0.25) is 5.15 Å². The Kier molecular flexibility index (Phi) is 4.98. The van der Waals surface area contributed by atoms with Crippen molar-refractivity contribution >= 4 is 23.4 Å². The van der Waals surface area contributed by atoms with Crippen LogP contribution in [0.5, 0.6) is 0 Å². The number of rotatable bonds is 5. The normalized spacial score (nSPS) is 11.1. The number of hydrogen-bond acceptors (Lipinski definition) is 5. The lowest BCUT2D eigenvalue weighted by Crippen LogP contribution is -1.86. The molecule has 0 saturated heterocycles. The molecule has 118 valence electrons. The first-order valence-corrected chi connectivity index (χ1v) is 8.65. The predicted octanol–water partition coefficient (Wildman–Crippen LogP) is 5.20. The van der Waals surface area contributed by atoms with Crippen LogP contribution < -0.4 is 0 Å². The first kappa shape index (κ1) is 16.0. The fraction of sp³-hybridized carbons (Fsp3) is 0.235. The van der Waals surface area contributed by atoms with Gasteiger partial charge in [0.25, 0.3) is 5.22 Å². The Bertz CT molecular complexity index is 769. The van der Waals surface area contributed by atoms with E-state index in [1.54, 1.807) is 12.3 Å². The van der Waals surface area contributed by atoms with Gasteiger partial charge in [-0.1, -0.05) is 55.4 Å². The Balaban J connectivity index is 1.66. The maximum Gasteiger partial charge on any atom is 0.277 e. The van der Waals surface area contributed by atoms with E-state index < -0.39 is 0 Å². The van der Waals surface area contributed by atoms with Gasteiger partial charge in [-0.3, -0.25) is 0 Å². The second kappa shape index (κ2) is 7.15. The van der Waals surface area contributed by atoms with E-state index in [1.165, 1.54) is 17.3 Å². The minimum atomic E-state index is 0.490. The monoisotopic (exact) mass is 345 g/mol. The van der Waals surface area contributed by atoms with Crippen molar-refractivity contribution in [1.82, 2.24) is 15.2 Å². The van der Waals surface area contributed by atoms with Crippen molar-refractivity contribution in [3.63, 3.8) is 0 Å². The SMILES string of the molecule is CC(C)c1ccc(-c2nnc(SCc3ccc(Cl)nc3)o2)cc1. The summed E-state index contributed by atoms with van der Waals surface area (Å²) >= 11 is 7.25. The third kappa shape index (κ3) is 4.12. The van der Waals surface area contributed by atoms with Crippen LogP contribution in [0.1, 0.15) is 30.9 Å². The lowest BCUT2D eigenvalue weighted by molar-refractivity contribution is 0.466. The molecule has 6 heteroatoms. The van der Waals surface area contributed by atoms with E-state index in [0.29, 0.717) is 27.9 Å². The van der Waals surface area contributed by atoms with Crippen LogP contribution in [0.3, 0.4) is 0 Å². The summed E-state index contributed by atoms with van der Waals surface area (Å²) in [5, 5.41) is 9.23. The summed E-state index contributed by atoms with van der Waals surface area (Å²) in [6, 6.07) is 11.9. The van der Waals surface area contributed by atoms with Crippen LogP contribution in [0.4, 0.5) is 0 Å². The van der Waals surface area contributed by atoms with E-state index in [2.05, 4.69) is 41.2 Å². The topological polar surface area (TPSA) is 51.8 Å². The molecule has 0 radical (unpaired) electrons. The zero-order valence-electron chi connectivity index (χ0n) is 12.9. The first-order chi connectivity index (χ1) is 11.1. The Hall–Kier alpha value is -1.85. The Morgan fingerprint density at radius 3 is 2.52 bits per heavy atom. The third-order valence-corrected chi connectivity index (χ3v) is 4.49. The van der Waals surface area contributed by atoms with Crippen molar-refractivity contribution < 1.29 is 4.42 Å². The molecule has 0 spiro atoms. The van der Waals surface area contributed by atoms with Gasteiger partial charge in [-0.05, 0) is 35.2 Å². The zero-order chi connectivity index (χ0) is 16.2. The quantitative estimate of drug-likeness (QED) is 0.470. The largest absolute Gasteiger partial charge is 0.411 e. The molecule has 0 aliphatic rings. The van der Waals surface area contributed by atoms with Gasteiger partial charge >= 0.3 is 0 Å². The van der Waals surface area contributed by atoms with E-state index >= 15 is 0 Å². The summed E-state index contributed by atoms with van der Waals surface area (Å²) in [5.74, 6) is 1.75. The van der Waals surface area contributed by atoms with Gasteiger partial charge in [0.05, 0.1) is 0 Å². The van der Waals surface area contributed by atoms with Crippen LogP contribution in [-0.4, -0.2) is 15.2 Å². The molecule has 4 nitrogen and oxygen atoms in total. The van der Waals surface area contributed by atoms with Gasteiger partial charge < -0.3 is 4.42 Å². The van der Waals surface area contributed by atoms with Gasteiger partial charge in [0.2, 0.25) is 5.89 Å². The van der Waals surface area contributed by atoms with E-state index in [4.69, 9.17) is 16.0 Å². The third-order valence-electron chi connectivity index (χ3n) is 3.38. The molecule has 0 aliphatic carbocycles. The second-order valence-electron chi connectivity index (χ2n) is 5.43. The van der Waals surface area contributed by atoms with Crippen LogP contribution in [0.15, 0.2) is 52.2 Å². The number of thioether (sulfide) groups is 1. The molecule has 2 heterocycles. The number of nitrogens with zero attached hydrogens (tertiary/aromatic N) is 3. The smallest absolute Gasteiger partial charge is 0.277 e. The van der Waals surface area contributed by atoms with E-state index in [9.17, 15) is 0 Å². The summed E-state index contributed by atoms with van der Waals surface area (Å²) in [7, 11) is 0. The molecule has 0 saturated carbocycles. The van der Waals surface area contributed by atoms with Crippen molar-refractivity contribution in [2.75, 3.05) is 0 Å². The average molecular weight is 346 g/mol. The molecule has 3 rings (SSSR count). The molecule has 0 unspecified atom stereocenters. The standard InChI is InChI=1S/C17H16ClN3OS/c1-11(2)13-4-6-14(7-5-13)16-20-21-17(22-16)23-10-12-3-8-15(18)19-9-12/h3-9,11H,10H2,1-2H3. The predicted molar refractivity (Wildman–Crippen MR) is 92.6 cm³/mol. The number of hydrogen-bond donors (Lipinski definition) is 0. The van der Waals surface area contributed by atoms with Gasteiger partial charge in [-0.25, -0.2) is 4.98 Å². The Labute approximate surface area is 144 Å². The van der Waals surface area contributed by atoms with Crippen molar-refractivity contribution in [2.24, 2.45) is 0 Å². The molecular weight excluding hydrogens is 330 g/mol. The molecule has 0 bridgehead atoms. The fourth-order valence-electron chi connectivity index (χ4n) is 2.03. The van der Waals surface area contributed by atoms with Gasteiger partial charge in [0.1, 0.15) is 5.15 Å². The maximum absolute atomic E-state index is 5.77. The van der Waals surface area contributed by atoms with Gasteiger partial charge in [-0.15, -0.1) is 10.2 Å². The van der Waals surface area contributed by atoms with Gasteiger partial charge in [0.15, 0.2) is 0 Å². The summed E-state index contributed by atoms with van der Waals surface area (Å²) in [5.41, 5.74) is 3.28. The van der Waals surface area contributed by atoms with Crippen molar-refractivity contribution in [3.8, 4) is 11.5 Å². The lowest BCUT2D eigenvalue weighted by Gasteiger charge is -2.04. The van der Waals surface area contributed by atoms with E-state index in [1.807, 2.05) is 18.2 Å². The highest BCUT2D eigenvalue weighted by Crippen LogP contribution is 2.26. The molecule has 3 aromatic rings. The number of aromatic nitrogens is 3. The van der Waals surface area contributed by atoms with Crippen LogP contribution in [-0.2, 0) is 5.75 Å². The highest BCUT2D eigenvalue weighted by atomic mass is 35.5. The van der Waals surface area contributed by atoms with Gasteiger partial charge in [-0.2, -0.15) is 0 Å². The van der Waals surface area contributed by atoms with Crippen LogP contribution in [0, 0.1) is 0 Å². The molecular formula is C17H16ClN3OS. The Morgan fingerprint density at radius 1 is 1.09 bits per heavy atom. The highest BCUT2D eigenvalue weighted by molar-refractivity contribution is 7.98. The minimum absolute atomic E-state index is 0.490. The maximum atomic E-state index is 5.77. The fourth-order valence-corrected chi connectivity index (χ4v) is 2.84.